The third-order valence-electron chi connectivity index (χ3n) is 13.7. The van der Waals surface area contributed by atoms with Gasteiger partial charge >= 0.3 is 17.5 Å². The average molecular weight is 1710 g/mol. The number of ether oxygens (including phenoxy) is 8. The molecule has 0 radical (unpaired) electrons. The highest BCUT2D eigenvalue weighted by atomic mass is 79.9. The van der Waals surface area contributed by atoms with Crippen molar-refractivity contribution in [2.45, 2.75) is 13.1 Å². The van der Waals surface area contributed by atoms with Gasteiger partial charge in [-0.25, -0.2) is 19.9 Å². The normalized spacial score (nSPS) is 10.3. The van der Waals surface area contributed by atoms with Crippen LogP contribution in [0.5, 0.6) is 46.0 Å². The highest BCUT2D eigenvalue weighted by Gasteiger charge is 2.21. The van der Waals surface area contributed by atoms with Crippen LogP contribution in [0, 0.1) is 34.0 Å². The molecule has 0 fully saturated rings. The number of fused-ring (bicyclic) bond motifs is 4. The fourth-order valence-corrected chi connectivity index (χ4v) is 15.0. The zero-order valence-corrected chi connectivity index (χ0v) is 64.9. The number of hydrogen-bond donors (Lipinski definition) is 9. The molecule has 1 amide bonds. The first-order valence-corrected chi connectivity index (χ1v) is 36.3. The molecule has 8 aromatic heterocycles. The molecule has 0 atom stereocenters. The third-order valence-corrected chi connectivity index (χ3v) is 20.2. The van der Waals surface area contributed by atoms with Gasteiger partial charge in [0.05, 0.1) is 109 Å². The second-order valence-corrected chi connectivity index (χ2v) is 29.6. The molecule has 536 valence electrons. The van der Waals surface area contributed by atoms with Crippen molar-refractivity contribution in [2.24, 2.45) is 11.5 Å². The maximum Gasteiger partial charge on any atom is 0.488 e. The number of halogens is 4. The van der Waals surface area contributed by atoms with E-state index in [1.165, 1.54) is 86.1 Å². The summed E-state index contributed by atoms with van der Waals surface area (Å²) >= 11 is 21.9. The minimum atomic E-state index is -4.67. The van der Waals surface area contributed by atoms with Gasteiger partial charge in [-0.15, -0.1) is 45.3 Å². The molecule has 13 N–H and O–H groups in total. The molecule has 0 saturated carbocycles. The minimum absolute atomic E-state index is 0.282. The number of nitrogens with zero attached hydrogens (tertiary/aromatic N) is 7. The second kappa shape index (κ2) is 39.3. The number of benzene rings is 4. The lowest BCUT2D eigenvalue weighted by atomic mass is 9.80. The Bertz CT molecular complexity index is 5110. The van der Waals surface area contributed by atoms with Crippen LogP contribution in [0.4, 0.5) is 17.5 Å². The predicted molar refractivity (Wildman–Crippen MR) is 414 cm³/mol. The zero-order valence-electron chi connectivity index (χ0n) is 55.3. The van der Waals surface area contributed by atoms with E-state index in [9.17, 15) is 10.1 Å². The van der Waals surface area contributed by atoms with E-state index >= 15 is 0 Å². The van der Waals surface area contributed by atoms with Crippen LogP contribution in [-0.2, 0) is 23.5 Å². The van der Waals surface area contributed by atoms with Crippen LogP contribution < -0.4 is 71.6 Å². The smallest absolute Gasteiger partial charge is 0.488 e. The molecule has 27 nitrogen and oxygen atoms in total. The number of methoxy groups -OCH3 is 8. The summed E-state index contributed by atoms with van der Waals surface area (Å²) in [5.74, 6) is 5.68. The zero-order chi connectivity index (χ0) is 75.8. The summed E-state index contributed by atoms with van der Waals surface area (Å²) in [5, 5.41) is 52.4. The van der Waals surface area contributed by atoms with Crippen molar-refractivity contribution >= 4 is 191 Å². The fraction of sp³-hybridized carbons (Fsp3) is 0.152. The lowest BCUT2D eigenvalue weighted by molar-refractivity contribution is 0.100. The highest BCUT2D eigenvalue weighted by Crippen LogP contribution is 2.45. The quantitative estimate of drug-likeness (QED) is 0.0261. The average Bonchev–Trinajstić information content (AvgIpc) is 1.69. The van der Waals surface area contributed by atoms with E-state index < -0.39 is 23.4 Å². The van der Waals surface area contributed by atoms with Crippen molar-refractivity contribution in [3.05, 3.63) is 172 Å². The minimum Gasteiger partial charge on any atom is -0.497 e. The number of hydrogen-bond acceptors (Lipinski definition) is 28. The molecule has 12 aromatic rings. The largest absolute Gasteiger partial charge is 0.497 e. The van der Waals surface area contributed by atoms with E-state index in [2.05, 4.69) is 91.3 Å². The van der Waals surface area contributed by atoms with Crippen LogP contribution in [-0.4, -0.2) is 117 Å². The molecule has 0 unspecified atom stereocenters. The predicted octanol–water partition coefficient (Wildman–Crippen LogP) is 13.2. The number of aromatic nitrogens is 4. The lowest BCUT2D eigenvalue weighted by Crippen LogP contribution is -2.30. The van der Waals surface area contributed by atoms with E-state index in [-0.39, 0.29) is 5.46 Å². The number of nitrogen functional groups attached to an aromatic ring is 2. The molecular formula is C66H61BBr3ClN12O15S5. The SMILES string of the molecule is COc1cc(-c2cc3c(N)ncc(C#N)c3s2)cc(OC)c1OC.COc1cc(B(O)O)cc(OC)c1OC.COc1ccc(CN)cc1.COc1ccc(CNc2ncc(C#N)c3sc(Br)cc23)cc1.N#Cc1cnc(Cl)c2cc(Br)sc12.NC(=O)c1cnc(N)c2cc(Br)sc12.O=S(=O)(O)O. The molecule has 0 aliphatic rings. The van der Waals surface area contributed by atoms with Gasteiger partial charge in [0.15, 0.2) is 23.0 Å². The molecule has 4 aromatic carbocycles. The molecule has 0 aliphatic heterocycles. The van der Waals surface area contributed by atoms with Crippen LogP contribution in [0.15, 0.2) is 133 Å². The summed E-state index contributed by atoms with van der Waals surface area (Å²) in [6, 6.07) is 36.3. The van der Waals surface area contributed by atoms with Crippen LogP contribution in [0.2, 0.25) is 5.15 Å². The Kier molecular flexibility index (Phi) is 31.5. The van der Waals surface area contributed by atoms with Crippen molar-refractivity contribution in [2.75, 3.05) is 73.7 Å². The first-order chi connectivity index (χ1) is 49.1. The molecule has 37 heteroatoms. The monoisotopic (exact) mass is 1700 g/mol. The molecule has 12 rings (SSSR count). The van der Waals surface area contributed by atoms with E-state index in [1.807, 2.05) is 84.9 Å². The Morgan fingerprint density at radius 1 is 0.553 bits per heavy atom. The Labute approximate surface area is 636 Å². The summed E-state index contributed by atoms with van der Waals surface area (Å²) in [4.78, 5) is 28.3. The summed E-state index contributed by atoms with van der Waals surface area (Å²) in [6.07, 6.45) is 6.01. The molecule has 0 spiro atoms. The van der Waals surface area contributed by atoms with Gasteiger partial charge in [-0.1, -0.05) is 35.9 Å². The van der Waals surface area contributed by atoms with Crippen LogP contribution in [0.3, 0.4) is 0 Å². The van der Waals surface area contributed by atoms with E-state index in [4.69, 9.17) is 111 Å². The molecule has 103 heavy (non-hydrogen) atoms. The lowest BCUT2D eigenvalue weighted by Gasteiger charge is -2.13. The number of amides is 1. The number of primary amides is 1. The Morgan fingerprint density at radius 2 is 0.951 bits per heavy atom. The Morgan fingerprint density at radius 3 is 1.39 bits per heavy atom. The molecule has 0 saturated heterocycles. The van der Waals surface area contributed by atoms with Crippen LogP contribution in [0.1, 0.15) is 38.2 Å². The highest BCUT2D eigenvalue weighted by molar-refractivity contribution is 9.11. The number of anilines is 3. The number of nitrogens with two attached hydrogens (primary N) is 4. The van der Waals surface area contributed by atoms with Gasteiger partial charge in [0.1, 0.15) is 52.3 Å². The third kappa shape index (κ3) is 22.6. The van der Waals surface area contributed by atoms with E-state index in [0.717, 1.165) is 90.6 Å². The number of pyridine rings is 4. The number of carbonyl (C=O) groups excluding carboxylic acids is 1. The Hall–Kier alpha value is -9.40. The molecule has 0 aliphatic carbocycles. The maximum absolute atomic E-state index is 11.1. The van der Waals surface area contributed by atoms with Crippen molar-refractivity contribution in [1.29, 1.82) is 15.8 Å². The number of nitriles is 3. The van der Waals surface area contributed by atoms with E-state index in [1.54, 1.807) is 53.1 Å². The van der Waals surface area contributed by atoms with E-state index in [0.29, 0.717) is 86.6 Å². The van der Waals surface area contributed by atoms with Gasteiger partial charge in [-0.05, 0) is 143 Å². The van der Waals surface area contributed by atoms with Crippen LogP contribution >= 0.6 is 105 Å². The van der Waals surface area contributed by atoms with Gasteiger partial charge in [0.25, 0.3) is 5.91 Å². The number of carbonyl (C=O) groups is 1. The van der Waals surface area contributed by atoms with Gasteiger partial charge in [0.2, 0.25) is 11.5 Å². The summed E-state index contributed by atoms with van der Waals surface area (Å²) in [5.41, 5.74) is 27.7. The Balaban J connectivity index is 0.000000196. The number of nitrogens with one attached hydrogen (secondary N) is 1. The van der Waals surface area contributed by atoms with Crippen LogP contribution in [0.25, 0.3) is 50.8 Å². The maximum atomic E-state index is 11.1. The van der Waals surface area contributed by atoms with Crippen molar-refractivity contribution in [3.63, 3.8) is 0 Å². The first-order valence-electron chi connectivity index (χ1n) is 28.8. The first kappa shape index (κ1) is 82.6. The standard InChI is InChI=1S/C17H15N3O3S.C16H12BrN3OS.C9H13BO5.C8H2BrClN2S.C8H6BrN3OS.C8H11NO.H2O4S/c1-21-12-4-9(5-13(22-2)15(12)23-3)14-6-11-16(24-14)10(7-18)8-20-17(11)19;1-21-12-4-2-10(3-5-12)8-19-16-13-6-14(17)22-15(13)11(7-18)9-20-16;1-13-7-4-6(10(11)12)5-8(14-2)9(7)15-3;9-6-1-5-7(13-6)4(2-11)3-12-8(5)10;9-5-1-3-6(14-5)4(8(11)13)2-12-7(3)10;1-10-8-4-2-7(6-9)3-5-8;1-5(2,3)4/h4-6,8H,1-3H3,(H2,19,20);2-6,9H,8H2,1H3,(H,19,20);4-5,11-12H,1-3H3;1,3H;1-2H,(H2,10,12)(H2,11,13);2-5H,6,9H2,1H3;(H2,1,2,3,4). The van der Waals surface area contributed by atoms with Gasteiger partial charge in [-0.3, -0.25) is 13.9 Å². The molecule has 0 bridgehead atoms. The second-order valence-electron chi connectivity index (χ2n) is 20.0. The fourth-order valence-electron chi connectivity index (χ4n) is 8.88. The number of thiophene rings is 4. The van der Waals surface area contributed by atoms with Crippen molar-refractivity contribution < 1.29 is 70.3 Å². The van der Waals surface area contributed by atoms with Gasteiger partial charge in [0, 0.05) is 64.3 Å². The van der Waals surface area contributed by atoms with Crippen molar-refractivity contribution in [1.82, 2.24) is 19.9 Å². The van der Waals surface area contributed by atoms with Crippen molar-refractivity contribution in [3.8, 4) is 74.6 Å². The van der Waals surface area contributed by atoms with Gasteiger partial charge in [-0.2, -0.15) is 24.2 Å². The molecular weight excluding hydrogens is 1650 g/mol. The summed E-state index contributed by atoms with van der Waals surface area (Å²) in [7, 11) is 6.18. The summed E-state index contributed by atoms with van der Waals surface area (Å²) < 4.78 is 79.3. The van der Waals surface area contributed by atoms with Gasteiger partial charge < -0.3 is 76.2 Å². The summed E-state index contributed by atoms with van der Waals surface area (Å²) in [6.45, 7) is 1.25. The topological polar surface area (TPSA) is 445 Å². The molecule has 8 heterocycles. The number of rotatable bonds is 15.